The molecule has 0 atom stereocenters. The largest absolute Gasteiger partial charge is 0.338 e. The maximum Gasteiger partial charge on any atom is 0.274 e. The van der Waals surface area contributed by atoms with E-state index in [4.69, 9.17) is 4.52 Å². The van der Waals surface area contributed by atoms with E-state index in [-0.39, 0.29) is 11.7 Å². The van der Waals surface area contributed by atoms with E-state index in [2.05, 4.69) is 20.1 Å². The summed E-state index contributed by atoms with van der Waals surface area (Å²) in [5.74, 6) is 0.616. The number of para-hydroxylation sites is 1. The van der Waals surface area contributed by atoms with E-state index < -0.39 is 0 Å². The first kappa shape index (κ1) is 19.6. The normalized spacial score (nSPS) is 14.8. The molecule has 0 unspecified atom stereocenters. The molecular weight excluding hydrogens is 419 g/mol. The highest BCUT2D eigenvalue weighted by Gasteiger charge is 2.25. The van der Waals surface area contributed by atoms with Crippen molar-refractivity contribution in [3.63, 3.8) is 0 Å². The zero-order valence-corrected chi connectivity index (χ0v) is 17.3. The quantitative estimate of drug-likeness (QED) is 0.476. The van der Waals surface area contributed by atoms with Gasteiger partial charge in [0.1, 0.15) is 11.5 Å². The predicted molar refractivity (Wildman–Crippen MR) is 112 cm³/mol. The Balaban J connectivity index is 1.18. The Labute approximate surface area is 181 Å². The van der Waals surface area contributed by atoms with Crippen LogP contribution in [0.5, 0.6) is 0 Å². The number of aromatic nitrogens is 4. The molecule has 5 rings (SSSR count). The van der Waals surface area contributed by atoms with Crippen molar-refractivity contribution >= 4 is 17.2 Å². The molecule has 31 heavy (non-hydrogen) atoms. The van der Waals surface area contributed by atoms with Gasteiger partial charge in [0.2, 0.25) is 11.7 Å². The fraction of sp³-hybridized carbons (Fsp3) is 0.238. The van der Waals surface area contributed by atoms with Crippen LogP contribution >= 0.6 is 11.3 Å². The Morgan fingerprint density at radius 3 is 2.71 bits per heavy atom. The number of nitrogens with zero attached hydrogens (tertiary/aromatic N) is 6. The lowest BCUT2D eigenvalue weighted by molar-refractivity contribution is 0.0609. The summed E-state index contributed by atoms with van der Waals surface area (Å²) in [6.45, 7) is 3.06. The highest BCUT2D eigenvalue weighted by molar-refractivity contribution is 7.13. The summed E-state index contributed by atoms with van der Waals surface area (Å²) in [6, 6.07) is 11.9. The van der Waals surface area contributed by atoms with E-state index in [1.807, 2.05) is 17.5 Å². The van der Waals surface area contributed by atoms with Gasteiger partial charge in [-0.1, -0.05) is 23.4 Å². The minimum absolute atomic E-state index is 0.160. The van der Waals surface area contributed by atoms with Crippen molar-refractivity contribution in [3.8, 4) is 16.4 Å². The third kappa shape index (κ3) is 4.12. The van der Waals surface area contributed by atoms with Crippen LogP contribution < -0.4 is 0 Å². The molecule has 0 saturated carbocycles. The van der Waals surface area contributed by atoms with Gasteiger partial charge in [-0.2, -0.15) is 10.1 Å². The first-order valence-corrected chi connectivity index (χ1v) is 10.7. The lowest BCUT2D eigenvalue weighted by atomic mass is 10.2. The summed E-state index contributed by atoms with van der Waals surface area (Å²) in [5, 5.41) is 10.3. The Morgan fingerprint density at radius 1 is 1.10 bits per heavy atom. The summed E-state index contributed by atoms with van der Waals surface area (Å²) in [6.07, 6.45) is 1.60. The van der Waals surface area contributed by atoms with Gasteiger partial charge in [0, 0.05) is 32.4 Å². The van der Waals surface area contributed by atoms with Gasteiger partial charge in [-0.15, -0.1) is 11.3 Å². The van der Waals surface area contributed by atoms with Crippen molar-refractivity contribution in [3.05, 3.63) is 71.4 Å². The zero-order valence-electron chi connectivity index (χ0n) is 16.5. The number of hydrogen-bond donors (Lipinski definition) is 0. The molecule has 0 aliphatic carbocycles. The van der Waals surface area contributed by atoms with Crippen LogP contribution in [0.4, 0.5) is 4.39 Å². The van der Waals surface area contributed by atoms with Crippen LogP contribution in [0.25, 0.3) is 16.4 Å². The second-order valence-electron chi connectivity index (χ2n) is 7.15. The maximum absolute atomic E-state index is 14.0. The van der Waals surface area contributed by atoms with E-state index >= 15 is 0 Å². The zero-order chi connectivity index (χ0) is 21.2. The van der Waals surface area contributed by atoms with Crippen LogP contribution in [-0.4, -0.2) is 61.8 Å². The molecule has 3 aromatic heterocycles. The van der Waals surface area contributed by atoms with Crippen molar-refractivity contribution in [1.82, 2.24) is 29.7 Å². The van der Waals surface area contributed by atoms with Gasteiger partial charge in [-0.05, 0) is 29.6 Å². The van der Waals surface area contributed by atoms with Crippen molar-refractivity contribution in [1.29, 1.82) is 0 Å². The predicted octanol–water partition coefficient (Wildman–Crippen LogP) is 3.08. The molecule has 0 N–H and O–H groups in total. The molecule has 0 radical (unpaired) electrons. The lowest BCUT2D eigenvalue weighted by Gasteiger charge is -2.33. The highest BCUT2D eigenvalue weighted by Crippen LogP contribution is 2.22. The molecule has 158 valence electrons. The molecule has 4 aromatic rings. The van der Waals surface area contributed by atoms with Gasteiger partial charge in [0.05, 0.1) is 11.4 Å². The van der Waals surface area contributed by atoms with E-state index in [0.29, 0.717) is 55.8 Å². The summed E-state index contributed by atoms with van der Waals surface area (Å²) in [5.41, 5.74) is 0.613. The number of carbonyl (C=O) groups is 1. The monoisotopic (exact) mass is 438 g/mol. The lowest BCUT2D eigenvalue weighted by Crippen LogP contribution is -2.48. The second-order valence-corrected chi connectivity index (χ2v) is 8.10. The van der Waals surface area contributed by atoms with Crippen LogP contribution in [0.2, 0.25) is 0 Å². The molecule has 8 nitrogen and oxygen atoms in total. The number of rotatable bonds is 5. The van der Waals surface area contributed by atoms with Crippen LogP contribution in [0.15, 0.2) is 58.6 Å². The van der Waals surface area contributed by atoms with Gasteiger partial charge >= 0.3 is 0 Å². The fourth-order valence-corrected chi connectivity index (χ4v) is 4.15. The third-order valence-corrected chi connectivity index (χ3v) is 6.00. The van der Waals surface area contributed by atoms with Gasteiger partial charge in [-0.3, -0.25) is 9.69 Å². The molecular formula is C21H19FN6O2S. The van der Waals surface area contributed by atoms with Crippen molar-refractivity contribution in [2.45, 2.75) is 6.54 Å². The minimum Gasteiger partial charge on any atom is -0.338 e. The SMILES string of the molecule is O=C(c1ccn(-c2ccccc2F)n1)N1CCN(Cc2nc(-c3cccs3)no2)CC1. The highest BCUT2D eigenvalue weighted by atomic mass is 32.1. The van der Waals surface area contributed by atoms with Crippen molar-refractivity contribution in [2.75, 3.05) is 26.2 Å². The molecule has 4 heterocycles. The standard InChI is InChI=1S/C21H19FN6O2S/c22-15-4-1-2-5-17(15)28-8-7-16(24-28)21(29)27-11-9-26(10-12-27)14-19-23-20(25-30-19)18-6-3-13-31-18/h1-8,13H,9-12,14H2. The molecule has 1 aliphatic rings. The minimum atomic E-state index is -0.388. The molecule has 0 spiro atoms. The van der Waals surface area contributed by atoms with Crippen LogP contribution in [-0.2, 0) is 6.54 Å². The summed E-state index contributed by atoms with van der Waals surface area (Å²) < 4.78 is 20.7. The van der Waals surface area contributed by atoms with Gasteiger partial charge < -0.3 is 9.42 Å². The number of thiophene rings is 1. The molecule has 10 heteroatoms. The third-order valence-electron chi connectivity index (χ3n) is 5.14. The van der Waals surface area contributed by atoms with Crippen LogP contribution in [0.3, 0.4) is 0 Å². The van der Waals surface area contributed by atoms with E-state index in [1.165, 1.54) is 10.7 Å². The van der Waals surface area contributed by atoms with Crippen molar-refractivity contribution < 1.29 is 13.7 Å². The molecule has 1 fully saturated rings. The number of piperazine rings is 1. The van der Waals surface area contributed by atoms with Crippen molar-refractivity contribution in [2.24, 2.45) is 0 Å². The Morgan fingerprint density at radius 2 is 1.94 bits per heavy atom. The van der Waals surface area contributed by atoms with Gasteiger partial charge in [0.15, 0.2) is 5.69 Å². The number of benzene rings is 1. The average Bonchev–Trinajstić information content (AvgIpc) is 3.55. The smallest absolute Gasteiger partial charge is 0.274 e. The fourth-order valence-electron chi connectivity index (χ4n) is 3.50. The van der Waals surface area contributed by atoms with E-state index in [1.54, 1.807) is 46.7 Å². The van der Waals surface area contributed by atoms with Crippen LogP contribution in [0, 0.1) is 5.82 Å². The summed E-state index contributed by atoms with van der Waals surface area (Å²) in [7, 11) is 0. The Hall–Kier alpha value is -3.37. The first-order valence-electron chi connectivity index (χ1n) is 9.86. The molecule has 1 aliphatic heterocycles. The first-order chi connectivity index (χ1) is 15.2. The average molecular weight is 438 g/mol. The summed E-state index contributed by atoms with van der Waals surface area (Å²) in [4.78, 5) is 22.2. The summed E-state index contributed by atoms with van der Waals surface area (Å²) >= 11 is 1.57. The molecule has 1 aromatic carbocycles. The molecule has 0 bridgehead atoms. The number of amides is 1. The topological polar surface area (TPSA) is 80.3 Å². The number of hydrogen-bond acceptors (Lipinski definition) is 7. The second kappa shape index (κ2) is 8.40. The van der Waals surface area contributed by atoms with Crippen LogP contribution in [0.1, 0.15) is 16.4 Å². The van der Waals surface area contributed by atoms with E-state index in [0.717, 1.165) is 4.88 Å². The number of halogens is 1. The Bertz CT molecular complexity index is 1180. The molecule has 1 amide bonds. The van der Waals surface area contributed by atoms with E-state index in [9.17, 15) is 9.18 Å². The van der Waals surface area contributed by atoms with Gasteiger partial charge in [-0.25, -0.2) is 9.07 Å². The Kier molecular flexibility index (Phi) is 5.31. The van der Waals surface area contributed by atoms with Gasteiger partial charge in [0.25, 0.3) is 5.91 Å². The molecule has 1 saturated heterocycles. The number of carbonyl (C=O) groups excluding carboxylic acids is 1. The maximum atomic E-state index is 14.0.